The highest BCUT2D eigenvalue weighted by Gasteiger charge is 2.11. The fourth-order valence-electron chi connectivity index (χ4n) is 1.70. The van der Waals surface area contributed by atoms with Crippen molar-refractivity contribution in [1.29, 1.82) is 0 Å². The molecule has 0 amide bonds. The van der Waals surface area contributed by atoms with E-state index in [1.807, 2.05) is 6.92 Å². The largest absolute Gasteiger partial charge is 0.455 e. The molecule has 110 valence electrons. The quantitative estimate of drug-likeness (QED) is 0.617. The Morgan fingerprint density at radius 3 is 2.76 bits per heavy atom. The molecule has 0 saturated heterocycles. The lowest BCUT2D eigenvalue weighted by atomic mass is 10.2. The van der Waals surface area contributed by atoms with Crippen LogP contribution in [0.3, 0.4) is 0 Å². The van der Waals surface area contributed by atoms with Gasteiger partial charge < -0.3 is 10.1 Å². The normalized spacial score (nSPS) is 10.2. The van der Waals surface area contributed by atoms with Crippen molar-refractivity contribution in [2.24, 2.45) is 0 Å². The van der Waals surface area contributed by atoms with E-state index >= 15 is 0 Å². The van der Waals surface area contributed by atoms with Crippen molar-refractivity contribution in [1.82, 2.24) is 4.98 Å². The number of anilines is 1. The van der Waals surface area contributed by atoms with E-state index in [0.717, 1.165) is 17.4 Å². The van der Waals surface area contributed by atoms with Gasteiger partial charge in [0.05, 0.1) is 17.2 Å². The van der Waals surface area contributed by atoms with Crippen LogP contribution in [-0.2, 0) is 0 Å². The molecular weight excluding hydrogens is 338 g/mol. The highest BCUT2D eigenvalue weighted by molar-refractivity contribution is 9.10. The highest BCUT2D eigenvalue weighted by Crippen LogP contribution is 2.30. The molecule has 2 rings (SSSR count). The first kappa shape index (κ1) is 15.2. The van der Waals surface area contributed by atoms with Gasteiger partial charge in [0.15, 0.2) is 0 Å². The van der Waals surface area contributed by atoms with Crippen molar-refractivity contribution in [2.75, 3.05) is 11.9 Å². The molecule has 6 nitrogen and oxygen atoms in total. The number of nitro groups is 1. The number of nitro benzene ring substituents is 1. The number of nitrogens with one attached hydrogen (secondary N) is 1. The van der Waals surface area contributed by atoms with E-state index in [1.54, 1.807) is 24.5 Å². The third kappa shape index (κ3) is 4.42. The number of aromatic nitrogens is 1. The number of benzene rings is 1. The van der Waals surface area contributed by atoms with Gasteiger partial charge in [0.2, 0.25) is 0 Å². The summed E-state index contributed by atoms with van der Waals surface area (Å²) in [4.78, 5) is 14.5. The third-order valence-electron chi connectivity index (χ3n) is 2.60. The van der Waals surface area contributed by atoms with Crippen LogP contribution in [0.25, 0.3) is 0 Å². The Hall–Kier alpha value is -2.15. The standard InChI is InChI=1S/C14H14BrN3O3/c1-2-3-17-11-5-12(18(19)20)7-13(6-11)21-14-4-10(15)8-16-9-14/h4-9,17H,2-3H2,1H3. The van der Waals surface area contributed by atoms with Gasteiger partial charge in [0.1, 0.15) is 11.5 Å². The van der Waals surface area contributed by atoms with Crippen molar-refractivity contribution in [3.8, 4) is 11.5 Å². The molecule has 0 bridgehead atoms. The molecule has 0 radical (unpaired) electrons. The minimum Gasteiger partial charge on any atom is -0.455 e. The van der Waals surface area contributed by atoms with Crippen LogP contribution >= 0.6 is 15.9 Å². The maximum atomic E-state index is 11.0. The molecular formula is C14H14BrN3O3. The topological polar surface area (TPSA) is 77.3 Å². The summed E-state index contributed by atoms with van der Waals surface area (Å²) in [6, 6.07) is 6.34. The molecule has 2 aromatic rings. The number of non-ortho nitro benzene ring substituents is 1. The maximum Gasteiger partial charge on any atom is 0.275 e. The monoisotopic (exact) mass is 351 g/mol. The first-order valence-corrected chi connectivity index (χ1v) is 7.19. The molecule has 21 heavy (non-hydrogen) atoms. The molecule has 1 aromatic carbocycles. The fraction of sp³-hybridized carbons (Fsp3) is 0.214. The number of hydrogen-bond acceptors (Lipinski definition) is 5. The number of rotatable bonds is 6. The van der Waals surface area contributed by atoms with Gasteiger partial charge in [-0.2, -0.15) is 0 Å². The first-order valence-electron chi connectivity index (χ1n) is 6.40. The third-order valence-corrected chi connectivity index (χ3v) is 3.03. The Balaban J connectivity index is 2.28. The lowest BCUT2D eigenvalue weighted by Gasteiger charge is -2.09. The number of pyridine rings is 1. The van der Waals surface area contributed by atoms with Crippen LogP contribution in [0.15, 0.2) is 41.1 Å². The van der Waals surface area contributed by atoms with E-state index in [-0.39, 0.29) is 5.69 Å². The summed E-state index contributed by atoms with van der Waals surface area (Å²) >= 11 is 3.30. The van der Waals surface area contributed by atoms with Crippen molar-refractivity contribution in [3.05, 3.63) is 51.2 Å². The van der Waals surface area contributed by atoms with Crippen LogP contribution in [0, 0.1) is 10.1 Å². The highest BCUT2D eigenvalue weighted by atomic mass is 79.9. The molecule has 0 aliphatic heterocycles. The number of ether oxygens (including phenoxy) is 1. The van der Waals surface area contributed by atoms with Gasteiger partial charge >= 0.3 is 0 Å². The average Bonchev–Trinajstić information content (AvgIpc) is 2.45. The Labute approximate surface area is 130 Å². The molecule has 0 spiro atoms. The Morgan fingerprint density at radius 2 is 2.10 bits per heavy atom. The van der Waals surface area contributed by atoms with Crippen LogP contribution in [0.1, 0.15) is 13.3 Å². The Kier molecular flexibility index (Phi) is 5.10. The van der Waals surface area contributed by atoms with Crippen LogP contribution in [0.2, 0.25) is 0 Å². The number of nitrogens with zero attached hydrogens (tertiary/aromatic N) is 2. The van der Waals surface area contributed by atoms with E-state index in [2.05, 4.69) is 26.2 Å². The van der Waals surface area contributed by atoms with Crippen molar-refractivity contribution in [3.63, 3.8) is 0 Å². The molecule has 1 aromatic heterocycles. The summed E-state index contributed by atoms with van der Waals surface area (Å²) in [5, 5.41) is 14.1. The zero-order valence-electron chi connectivity index (χ0n) is 11.4. The molecule has 0 fully saturated rings. The predicted molar refractivity (Wildman–Crippen MR) is 83.9 cm³/mol. The molecule has 7 heteroatoms. The molecule has 1 N–H and O–H groups in total. The second-order valence-electron chi connectivity index (χ2n) is 4.34. The lowest BCUT2D eigenvalue weighted by Crippen LogP contribution is -2.01. The van der Waals surface area contributed by atoms with Crippen molar-refractivity contribution in [2.45, 2.75) is 13.3 Å². The summed E-state index contributed by atoms with van der Waals surface area (Å²) in [5.74, 6) is 0.897. The summed E-state index contributed by atoms with van der Waals surface area (Å²) in [6.45, 7) is 2.76. The van der Waals surface area contributed by atoms with E-state index < -0.39 is 4.92 Å². The van der Waals surface area contributed by atoms with Gasteiger partial charge in [-0.15, -0.1) is 0 Å². The van der Waals surface area contributed by atoms with E-state index in [0.29, 0.717) is 17.2 Å². The Morgan fingerprint density at radius 1 is 1.29 bits per heavy atom. The minimum absolute atomic E-state index is 0.0194. The number of halogens is 1. The summed E-state index contributed by atoms with van der Waals surface area (Å²) in [6.07, 6.45) is 4.10. The molecule has 0 aliphatic rings. The summed E-state index contributed by atoms with van der Waals surface area (Å²) < 4.78 is 6.41. The van der Waals surface area contributed by atoms with Gasteiger partial charge in [-0.25, -0.2) is 0 Å². The minimum atomic E-state index is -0.441. The average molecular weight is 352 g/mol. The zero-order valence-corrected chi connectivity index (χ0v) is 13.0. The Bertz CT molecular complexity index is 649. The van der Waals surface area contributed by atoms with Crippen LogP contribution < -0.4 is 10.1 Å². The lowest BCUT2D eigenvalue weighted by molar-refractivity contribution is -0.384. The van der Waals surface area contributed by atoms with Gasteiger partial charge in [-0.1, -0.05) is 6.92 Å². The molecule has 1 heterocycles. The van der Waals surface area contributed by atoms with Crippen molar-refractivity contribution >= 4 is 27.3 Å². The molecule has 0 aliphatic carbocycles. The van der Waals surface area contributed by atoms with Gasteiger partial charge in [0.25, 0.3) is 5.69 Å². The van der Waals surface area contributed by atoms with E-state index in [1.165, 1.54) is 12.1 Å². The zero-order chi connectivity index (χ0) is 15.2. The molecule has 0 saturated carbocycles. The van der Waals surface area contributed by atoms with Crippen LogP contribution in [0.4, 0.5) is 11.4 Å². The molecule has 0 unspecified atom stereocenters. The van der Waals surface area contributed by atoms with E-state index in [4.69, 9.17) is 4.74 Å². The van der Waals surface area contributed by atoms with Crippen molar-refractivity contribution < 1.29 is 9.66 Å². The second kappa shape index (κ2) is 7.03. The SMILES string of the molecule is CCCNc1cc(Oc2cncc(Br)c2)cc([N+](=O)[O-])c1. The van der Waals surface area contributed by atoms with Gasteiger partial charge in [-0.05, 0) is 28.4 Å². The predicted octanol–water partition coefficient (Wildman–Crippen LogP) is 4.37. The van der Waals surface area contributed by atoms with Gasteiger partial charge in [0, 0.05) is 35.0 Å². The molecule has 0 atom stereocenters. The summed E-state index contributed by atoms with van der Waals surface area (Å²) in [5.41, 5.74) is 0.637. The second-order valence-corrected chi connectivity index (χ2v) is 5.26. The first-order chi connectivity index (χ1) is 10.1. The fourth-order valence-corrected chi connectivity index (χ4v) is 2.05. The van der Waals surface area contributed by atoms with Crippen LogP contribution in [-0.4, -0.2) is 16.5 Å². The van der Waals surface area contributed by atoms with Crippen LogP contribution in [0.5, 0.6) is 11.5 Å². The van der Waals surface area contributed by atoms with Gasteiger partial charge in [-0.3, -0.25) is 15.1 Å². The maximum absolute atomic E-state index is 11.0. The summed E-state index contributed by atoms with van der Waals surface area (Å²) in [7, 11) is 0. The number of hydrogen-bond donors (Lipinski definition) is 1. The smallest absolute Gasteiger partial charge is 0.275 e. The van der Waals surface area contributed by atoms with E-state index in [9.17, 15) is 10.1 Å².